The summed E-state index contributed by atoms with van der Waals surface area (Å²) in [6, 6.07) is 0. The number of hydrogen-bond acceptors (Lipinski definition) is 1. The van der Waals surface area contributed by atoms with Crippen LogP contribution in [-0.2, 0) is 0 Å². The van der Waals surface area contributed by atoms with E-state index in [1.807, 2.05) is 13.8 Å². The first-order chi connectivity index (χ1) is 5.36. The van der Waals surface area contributed by atoms with Crippen molar-refractivity contribution in [2.75, 3.05) is 0 Å². The van der Waals surface area contributed by atoms with Crippen LogP contribution in [0.15, 0.2) is 11.6 Å². The summed E-state index contributed by atoms with van der Waals surface area (Å²) in [5, 5.41) is 9.61. The van der Waals surface area contributed by atoms with Gasteiger partial charge in [0.15, 0.2) is 0 Å². The van der Waals surface area contributed by atoms with E-state index in [9.17, 15) is 5.11 Å². The van der Waals surface area contributed by atoms with Gasteiger partial charge in [-0.15, -0.1) is 23.2 Å². The fraction of sp³-hybridized carbons (Fsp3) is 0.778. The molecule has 1 atom stereocenters. The Kier molecular flexibility index (Phi) is 5.22. The predicted molar refractivity (Wildman–Crippen MR) is 54.8 cm³/mol. The van der Waals surface area contributed by atoms with Crippen molar-refractivity contribution in [2.45, 2.75) is 44.1 Å². The van der Waals surface area contributed by atoms with Crippen LogP contribution in [0.1, 0.15) is 33.6 Å². The second-order valence-electron chi connectivity index (χ2n) is 3.48. The molecule has 1 N–H and O–H groups in total. The third-order valence-corrected chi connectivity index (χ3v) is 2.61. The molecule has 1 nitrogen and oxygen atoms in total. The minimum absolute atomic E-state index is 0.593. The maximum Gasteiger partial charge on any atom is 0.136 e. The Morgan fingerprint density at radius 2 is 2.00 bits per heavy atom. The standard InChI is InChI=1S/C9H16Cl2O/c1-7(2)5-4-6-9(3,12)8(10)11/h5,8,12H,4,6H2,1-3H3. The molecule has 0 saturated heterocycles. The Morgan fingerprint density at radius 1 is 1.50 bits per heavy atom. The highest BCUT2D eigenvalue weighted by molar-refractivity contribution is 6.45. The fourth-order valence-electron chi connectivity index (χ4n) is 0.762. The highest BCUT2D eigenvalue weighted by Crippen LogP contribution is 2.24. The zero-order chi connectivity index (χ0) is 9.78. The number of rotatable bonds is 4. The van der Waals surface area contributed by atoms with Crippen LogP contribution in [0.25, 0.3) is 0 Å². The maximum atomic E-state index is 9.61. The average Bonchev–Trinajstić information content (AvgIpc) is 1.85. The van der Waals surface area contributed by atoms with Crippen LogP contribution in [0.4, 0.5) is 0 Å². The van der Waals surface area contributed by atoms with Gasteiger partial charge in [0.1, 0.15) is 4.84 Å². The molecule has 0 heterocycles. The van der Waals surface area contributed by atoms with Crippen molar-refractivity contribution in [1.82, 2.24) is 0 Å². The van der Waals surface area contributed by atoms with Gasteiger partial charge in [0, 0.05) is 0 Å². The predicted octanol–water partition coefficient (Wildman–Crippen LogP) is 3.29. The molecule has 72 valence electrons. The van der Waals surface area contributed by atoms with Crippen molar-refractivity contribution >= 4 is 23.2 Å². The van der Waals surface area contributed by atoms with Crippen molar-refractivity contribution in [2.24, 2.45) is 0 Å². The Balaban J connectivity index is 3.84. The lowest BCUT2D eigenvalue weighted by Gasteiger charge is -2.23. The Labute approximate surface area is 84.4 Å². The van der Waals surface area contributed by atoms with Crippen LogP contribution in [0.3, 0.4) is 0 Å². The van der Waals surface area contributed by atoms with Gasteiger partial charge in [-0.2, -0.15) is 0 Å². The number of alkyl halides is 2. The summed E-state index contributed by atoms with van der Waals surface area (Å²) in [4.78, 5) is -0.719. The third-order valence-electron chi connectivity index (χ3n) is 1.67. The van der Waals surface area contributed by atoms with E-state index in [1.54, 1.807) is 6.92 Å². The largest absolute Gasteiger partial charge is 0.387 e. The number of halogens is 2. The number of allylic oxidation sites excluding steroid dienone is 2. The Bertz CT molecular complexity index is 158. The van der Waals surface area contributed by atoms with Crippen molar-refractivity contribution < 1.29 is 5.11 Å². The smallest absolute Gasteiger partial charge is 0.136 e. The molecular weight excluding hydrogens is 195 g/mol. The van der Waals surface area contributed by atoms with Crippen LogP contribution in [0, 0.1) is 0 Å². The van der Waals surface area contributed by atoms with Crippen molar-refractivity contribution in [3.8, 4) is 0 Å². The van der Waals surface area contributed by atoms with Gasteiger partial charge in [0.05, 0.1) is 5.60 Å². The van der Waals surface area contributed by atoms with E-state index in [4.69, 9.17) is 23.2 Å². The SMILES string of the molecule is CC(C)=CCCC(C)(O)C(Cl)Cl. The molecule has 0 aliphatic carbocycles. The molecule has 0 bridgehead atoms. The molecule has 0 amide bonds. The molecule has 0 aromatic heterocycles. The lowest BCUT2D eigenvalue weighted by Crippen LogP contribution is -2.31. The van der Waals surface area contributed by atoms with Crippen LogP contribution >= 0.6 is 23.2 Å². The summed E-state index contributed by atoms with van der Waals surface area (Å²) in [5.41, 5.74) is 0.265. The summed E-state index contributed by atoms with van der Waals surface area (Å²) in [6.07, 6.45) is 3.46. The second kappa shape index (κ2) is 5.11. The number of hydrogen-bond donors (Lipinski definition) is 1. The quantitative estimate of drug-likeness (QED) is 0.558. The summed E-state index contributed by atoms with van der Waals surface area (Å²) in [7, 11) is 0. The van der Waals surface area contributed by atoms with Gasteiger partial charge >= 0.3 is 0 Å². The van der Waals surface area contributed by atoms with Crippen LogP contribution < -0.4 is 0 Å². The minimum atomic E-state index is -0.977. The second-order valence-corrected chi connectivity index (χ2v) is 4.57. The molecule has 0 spiro atoms. The zero-order valence-corrected chi connectivity index (χ0v) is 9.28. The summed E-state index contributed by atoms with van der Waals surface area (Å²) >= 11 is 11.2. The van der Waals surface area contributed by atoms with Gasteiger partial charge in [0.2, 0.25) is 0 Å². The zero-order valence-electron chi connectivity index (χ0n) is 7.77. The van der Waals surface area contributed by atoms with E-state index in [2.05, 4.69) is 6.08 Å². The van der Waals surface area contributed by atoms with Crippen LogP contribution in [0.2, 0.25) is 0 Å². The average molecular weight is 211 g/mol. The molecule has 0 aromatic carbocycles. The topological polar surface area (TPSA) is 20.2 Å². The van der Waals surface area contributed by atoms with E-state index < -0.39 is 10.4 Å². The molecule has 3 heteroatoms. The monoisotopic (exact) mass is 210 g/mol. The highest BCUT2D eigenvalue weighted by atomic mass is 35.5. The normalized spacial score (nSPS) is 15.9. The summed E-state index contributed by atoms with van der Waals surface area (Å²) in [5.74, 6) is 0. The number of aliphatic hydroxyl groups is 1. The van der Waals surface area contributed by atoms with Crippen molar-refractivity contribution in [3.05, 3.63) is 11.6 Å². The summed E-state index contributed by atoms with van der Waals surface area (Å²) in [6.45, 7) is 5.69. The van der Waals surface area contributed by atoms with Gasteiger partial charge in [-0.25, -0.2) is 0 Å². The van der Waals surface area contributed by atoms with Gasteiger partial charge in [-0.1, -0.05) is 11.6 Å². The molecular formula is C9H16Cl2O. The van der Waals surface area contributed by atoms with E-state index in [0.29, 0.717) is 6.42 Å². The van der Waals surface area contributed by atoms with Gasteiger partial charge in [-0.3, -0.25) is 0 Å². The lowest BCUT2D eigenvalue weighted by molar-refractivity contribution is 0.0659. The van der Waals surface area contributed by atoms with E-state index >= 15 is 0 Å². The third kappa shape index (κ3) is 5.02. The van der Waals surface area contributed by atoms with Crippen molar-refractivity contribution in [3.63, 3.8) is 0 Å². The highest BCUT2D eigenvalue weighted by Gasteiger charge is 2.27. The van der Waals surface area contributed by atoms with Crippen LogP contribution in [-0.4, -0.2) is 15.5 Å². The van der Waals surface area contributed by atoms with Gasteiger partial charge in [-0.05, 0) is 33.6 Å². The molecule has 0 aliphatic heterocycles. The summed E-state index contributed by atoms with van der Waals surface area (Å²) < 4.78 is 0. The Morgan fingerprint density at radius 3 is 2.33 bits per heavy atom. The fourth-order valence-corrected chi connectivity index (χ4v) is 0.980. The maximum absolute atomic E-state index is 9.61. The molecule has 1 unspecified atom stereocenters. The van der Waals surface area contributed by atoms with Crippen LogP contribution in [0.5, 0.6) is 0 Å². The van der Waals surface area contributed by atoms with E-state index in [0.717, 1.165) is 6.42 Å². The first kappa shape index (κ1) is 12.3. The first-order valence-electron chi connectivity index (χ1n) is 4.00. The van der Waals surface area contributed by atoms with Gasteiger partial charge in [0.25, 0.3) is 0 Å². The van der Waals surface area contributed by atoms with Crippen molar-refractivity contribution in [1.29, 1.82) is 0 Å². The first-order valence-corrected chi connectivity index (χ1v) is 4.87. The molecule has 0 radical (unpaired) electrons. The molecule has 0 aromatic rings. The van der Waals surface area contributed by atoms with Gasteiger partial charge < -0.3 is 5.11 Å². The minimum Gasteiger partial charge on any atom is -0.387 e. The Hall–Kier alpha value is 0.280. The lowest BCUT2D eigenvalue weighted by atomic mass is 10.0. The molecule has 0 fully saturated rings. The molecule has 0 aliphatic rings. The molecule has 0 rings (SSSR count). The van der Waals surface area contributed by atoms with E-state index in [-0.39, 0.29) is 0 Å². The molecule has 12 heavy (non-hydrogen) atoms. The van der Waals surface area contributed by atoms with E-state index in [1.165, 1.54) is 5.57 Å². The molecule has 0 saturated carbocycles.